The van der Waals surface area contributed by atoms with Crippen LogP contribution < -0.4 is 5.43 Å². The Balaban J connectivity index is 1.67. The molecule has 0 bridgehead atoms. The van der Waals surface area contributed by atoms with Crippen LogP contribution in [0.5, 0.6) is 11.5 Å². The molecule has 4 heteroatoms. The van der Waals surface area contributed by atoms with Crippen molar-refractivity contribution < 1.29 is 14.6 Å². The van der Waals surface area contributed by atoms with Crippen LogP contribution in [0.15, 0.2) is 33.5 Å². The molecule has 2 aromatic rings. The van der Waals surface area contributed by atoms with E-state index >= 15 is 0 Å². The highest BCUT2D eigenvalue weighted by Crippen LogP contribution is 2.32. The number of aryl methyl sites for hydroxylation is 2. The lowest BCUT2D eigenvalue weighted by Crippen LogP contribution is -2.03. The SMILES string of the molecule is CCCC/C=C\CCCCCCCCCc1cc(=O)c2c(O)cc(O)c(C)c2o1. The summed E-state index contributed by atoms with van der Waals surface area (Å²) in [5, 5.41) is 19.9. The molecule has 0 aliphatic carbocycles. The van der Waals surface area contributed by atoms with E-state index in [0.717, 1.165) is 12.8 Å². The van der Waals surface area contributed by atoms with Crippen LogP contribution in [0.1, 0.15) is 88.9 Å². The highest BCUT2D eigenvalue weighted by molar-refractivity contribution is 5.87. The first-order chi connectivity index (χ1) is 14.0. The molecule has 0 fully saturated rings. The van der Waals surface area contributed by atoms with Gasteiger partial charge in [0.05, 0.1) is 0 Å². The molecule has 0 atom stereocenters. The van der Waals surface area contributed by atoms with Gasteiger partial charge in [0, 0.05) is 24.1 Å². The van der Waals surface area contributed by atoms with E-state index in [0.29, 0.717) is 17.7 Å². The number of fused-ring (bicyclic) bond motifs is 1. The van der Waals surface area contributed by atoms with Crippen molar-refractivity contribution in [3.8, 4) is 11.5 Å². The molecule has 0 spiro atoms. The smallest absolute Gasteiger partial charge is 0.196 e. The summed E-state index contributed by atoms with van der Waals surface area (Å²) in [7, 11) is 0. The fourth-order valence-electron chi connectivity index (χ4n) is 3.60. The first-order valence-corrected chi connectivity index (χ1v) is 11.2. The van der Waals surface area contributed by atoms with Gasteiger partial charge in [0.1, 0.15) is 28.2 Å². The van der Waals surface area contributed by atoms with Gasteiger partial charge in [-0.3, -0.25) is 4.79 Å². The lowest BCUT2D eigenvalue weighted by Gasteiger charge is -2.08. The Morgan fingerprint density at radius 2 is 1.48 bits per heavy atom. The van der Waals surface area contributed by atoms with Crippen molar-refractivity contribution in [1.29, 1.82) is 0 Å². The van der Waals surface area contributed by atoms with Crippen LogP contribution in [0, 0.1) is 6.92 Å². The Bertz CT molecular complexity index is 848. The minimum absolute atomic E-state index is 0.0632. The van der Waals surface area contributed by atoms with Gasteiger partial charge in [-0.05, 0) is 32.6 Å². The number of aromatic hydroxyl groups is 2. The summed E-state index contributed by atoms with van der Waals surface area (Å²) in [4.78, 5) is 12.3. The summed E-state index contributed by atoms with van der Waals surface area (Å²) in [6, 6.07) is 2.66. The quantitative estimate of drug-likeness (QED) is 0.283. The van der Waals surface area contributed by atoms with E-state index in [4.69, 9.17) is 4.42 Å². The molecular weight excluding hydrogens is 364 g/mol. The van der Waals surface area contributed by atoms with Crippen LogP contribution in [0.4, 0.5) is 0 Å². The second kappa shape index (κ2) is 12.4. The maximum atomic E-state index is 12.3. The van der Waals surface area contributed by atoms with E-state index in [1.807, 2.05) is 0 Å². The predicted octanol–water partition coefficient (Wildman–Crippen LogP) is 6.92. The number of rotatable bonds is 13. The molecule has 1 heterocycles. The molecule has 0 saturated heterocycles. The zero-order valence-corrected chi connectivity index (χ0v) is 18.0. The molecule has 1 aromatic heterocycles. The molecule has 1 aromatic carbocycles. The van der Waals surface area contributed by atoms with Crippen molar-refractivity contribution >= 4 is 11.0 Å². The molecule has 0 aliphatic heterocycles. The second-order valence-corrected chi connectivity index (χ2v) is 7.95. The van der Waals surface area contributed by atoms with Crippen LogP contribution in [-0.4, -0.2) is 10.2 Å². The Hall–Kier alpha value is -2.23. The third kappa shape index (κ3) is 7.26. The van der Waals surface area contributed by atoms with E-state index in [-0.39, 0.29) is 27.9 Å². The van der Waals surface area contributed by atoms with Gasteiger partial charge in [-0.1, -0.05) is 64.0 Å². The lowest BCUT2D eigenvalue weighted by molar-refractivity contribution is 0.446. The zero-order chi connectivity index (χ0) is 21.1. The molecule has 160 valence electrons. The van der Waals surface area contributed by atoms with Crippen molar-refractivity contribution in [3.05, 3.63) is 45.8 Å². The van der Waals surface area contributed by atoms with E-state index < -0.39 is 0 Å². The number of hydrogen-bond acceptors (Lipinski definition) is 4. The molecule has 29 heavy (non-hydrogen) atoms. The van der Waals surface area contributed by atoms with Crippen LogP contribution in [0.3, 0.4) is 0 Å². The molecule has 4 nitrogen and oxygen atoms in total. The van der Waals surface area contributed by atoms with Gasteiger partial charge in [-0.15, -0.1) is 0 Å². The van der Waals surface area contributed by atoms with Crippen molar-refractivity contribution in [1.82, 2.24) is 0 Å². The number of phenolic OH excluding ortho intramolecular Hbond substituents is 2. The van der Waals surface area contributed by atoms with Crippen LogP contribution in [0.2, 0.25) is 0 Å². The predicted molar refractivity (Wildman–Crippen MR) is 120 cm³/mol. The molecule has 0 saturated carbocycles. The summed E-state index contributed by atoms with van der Waals surface area (Å²) >= 11 is 0. The molecule has 0 radical (unpaired) electrons. The van der Waals surface area contributed by atoms with E-state index in [2.05, 4.69) is 19.1 Å². The first kappa shape index (κ1) is 23.1. The minimum Gasteiger partial charge on any atom is -0.507 e. The summed E-state index contributed by atoms with van der Waals surface area (Å²) in [6.07, 6.45) is 18.7. The maximum Gasteiger partial charge on any atom is 0.196 e. The van der Waals surface area contributed by atoms with Crippen molar-refractivity contribution in [2.45, 2.75) is 90.9 Å². The number of unbranched alkanes of at least 4 members (excludes halogenated alkanes) is 9. The summed E-state index contributed by atoms with van der Waals surface area (Å²) in [5.41, 5.74) is 0.510. The largest absolute Gasteiger partial charge is 0.507 e. The van der Waals surface area contributed by atoms with E-state index in [1.54, 1.807) is 6.92 Å². The molecule has 0 amide bonds. The van der Waals surface area contributed by atoms with Crippen LogP contribution in [0.25, 0.3) is 11.0 Å². The standard InChI is InChI=1S/C25H36O4/c1-3-4-5-6-7-8-9-10-11-12-13-14-15-16-20-17-22(27)24-23(28)18-21(26)19(2)25(24)29-20/h6-7,17-18,26,28H,3-5,8-16H2,1-2H3/b7-6-. The van der Waals surface area contributed by atoms with Crippen LogP contribution in [-0.2, 0) is 6.42 Å². The second-order valence-electron chi connectivity index (χ2n) is 7.95. The maximum absolute atomic E-state index is 12.3. The average Bonchev–Trinajstić information content (AvgIpc) is 2.69. The Morgan fingerprint density at radius 3 is 2.17 bits per heavy atom. The number of phenols is 2. The molecular formula is C25H36O4. The number of allylic oxidation sites excluding steroid dienone is 2. The minimum atomic E-state index is -0.259. The van der Waals surface area contributed by atoms with Gasteiger partial charge in [-0.25, -0.2) is 0 Å². The summed E-state index contributed by atoms with van der Waals surface area (Å²) < 4.78 is 5.82. The van der Waals surface area contributed by atoms with Gasteiger partial charge < -0.3 is 14.6 Å². The highest BCUT2D eigenvalue weighted by atomic mass is 16.3. The van der Waals surface area contributed by atoms with Crippen molar-refractivity contribution in [2.24, 2.45) is 0 Å². The van der Waals surface area contributed by atoms with Gasteiger partial charge >= 0.3 is 0 Å². The topological polar surface area (TPSA) is 70.7 Å². The summed E-state index contributed by atoms with van der Waals surface area (Å²) in [6.45, 7) is 3.91. The normalized spacial score (nSPS) is 11.7. The molecule has 2 N–H and O–H groups in total. The first-order valence-electron chi connectivity index (χ1n) is 11.2. The van der Waals surface area contributed by atoms with Gasteiger partial charge in [0.15, 0.2) is 5.43 Å². The summed E-state index contributed by atoms with van der Waals surface area (Å²) in [5.74, 6) is 0.317. The van der Waals surface area contributed by atoms with Crippen molar-refractivity contribution in [3.63, 3.8) is 0 Å². The molecule has 0 unspecified atom stereocenters. The molecule has 0 aliphatic rings. The van der Waals surface area contributed by atoms with Gasteiger partial charge in [0.2, 0.25) is 0 Å². The Labute approximate surface area is 174 Å². The van der Waals surface area contributed by atoms with Crippen LogP contribution >= 0.6 is 0 Å². The molecule has 2 rings (SSSR count). The van der Waals surface area contributed by atoms with Crippen molar-refractivity contribution in [2.75, 3.05) is 0 Å². The average molecular weight is 401 g/mol. The highest BCUT2D eigenvalue weighted by Gasteiger charge is 2.14. The number of benzene rings is 1. The lowest BCUT2D eigenvalue weighted by atomic mass is 10.1. The van der Waals surface area contributed by atoms with Gasteiger partial charge in [-0.2, -0.15) is 0 Å². The monoisotopic (exact) mass is 400 g/mol. The third-order valence-corrected chi connectivity index (χ3v) is 5.44. The number of hydrogen-bond donors (Lipinski definition) is 2. The van der Waals surface area contributed by atoms with Gasteiger partial charge in [0.25, 0.3) is 0 Å². The fourth-order valence-corrected chi connectivity index (χ4v) is 3.60. The Morgan fingerprint density at radius 1 is 0.862 bits per heavy atom. The Kier molecular flexibility index (Phi) is 9.82. The fraction of sp³-hybridized carbons (Fsp3) is 0.560. The van der Waals surface area contributed by atoms with E-state index in [1.165, 1.54) is 69.9 Å². The van der Waals surface area contributed by atoms with E-state index in [9.17, 15) is 15.0 Å². The third-order valence-electron chi connectivity index (χ3n) is 5.44. The zero-order valence-electron chi connectivity index (χ0n) is 18.0.